The minimum Gasteiger partial charge on any atom is -0.300 e. The van der Waals surface area contributed by atoms with Crippen molar-refractivity contribution in [3.8, 4) is 0 Å². The molecule has 4 saturated carbocycles. The van der Waals surface area contributed by atoms with E-state index in [9.17, 15) is 4.79 Å². The van der Waals surface area contributed by atoms with Gasteiger partial charge in [-0.1, -0.05) is 44.0 Å². The van der Waals surface area contributed by atoms with Crippen molar-refractivity contribution in [2.24, 2.45) is 40.4 Å². The molecule has 28 heavy (non-hydrogen) atoms. The van der Waals surface area contributed by atoms with Crippen LogP contribution in [0.15, 0.2) is 24.3 Å². The van der Waals surface area contributed by atoms with E-state index in [1.54, 1.807) is 0 Å². The zero-order chi connectivity index (χ0) is 19.5. The Kier molecular flexibility index (Phi) is 4.70. The lowest BCUT2D eigenvalue weighted by molar-refractivity contribution is -0.148. The quantitative estimate of drug-likeness (QED) is 0.518. The molecule has 0 radical (unpaired) electrons. The standard InChI is InChI=1S/C26H35ClO/c1-25-11-3-4-22(25)21-15-18(14-17-5-7-19(27)8-6-17)24-16-20(28)9-13-26(24,2)23(21)10-12-25/h5-8,18,21-24H,3-4,9-16H2,1-2H3/t18?,21-,22-,23+,24?,25-,26+/m0/s1. The molecule has 0 aromatic heterocycles. The van der Waals surface area contributed by atoms with E-state index >= 15 is 0 Å². The topological polar surface area (TPSA) is 17.1 Å². The SMILES string of the molecule is C[C@@]12CCC[C@H]1[C@@H]1CC(Cc3ccc(Cl)cc3)C3CC(=O)CC[C@]3(C)[C@@H]1CC2. The summed E-state index contributed by atoms with van der Waals surface area (Å²) in [5, 5.41) is 0.819. The minimum atomic E-state index is 0.373. The predicted molar refractivity (Wildman–Crippen MR) is 115 cm³/mol. The number of ketones is 1. The normalized spacial score (nSPS) is 45.2. The second-order valence-corrected chi connectivity index (χ2v) is 11.6. The molecule has 0 aliphatic heterocycles. The Morgan fingerprint density at radius 1 is 1.00 bits per heavy atom. The summed E-state index contributed by atoms with van der Waals surface area (Å²) in [7, 11) is 0. The van der Waals surface area contributed by atoms with Crippen LogP contribution in [0, 0.1) is 40.4 Å². The summed E-state index contributed by atoms with van der Waals surface area (Å²) >= 11 is 6.13. The molecular weight excluding hydrogens is 364 g/mol. The van der Waals surface area contributed by atoms with Crippen LogP contribution in [0.4, 0.5) is 0 Å². The van der Waals surface area contributed by atoms with Crippen molar-refractivity contribution in [3.63, 3.8) is 0 Å². The van der Waals surface area contributed by atoms with E-state index in [1.807, 2.05) is 12.1 Å². The number of carbonyl (C=O) groups is 1. The molecule has 1 aromatic rings. The van der Waals surface area contributed by atoms with Gasteiger partial charge in [0.05, 0.1) is 0 Å². The van der Waals surface area contributed by atoms with Crippen LogP contribution < -0.4 is 0 Å². The molecule has 0 heterocycles. The smallest absolute Gasteiger partial charge is 0.133 e. The van der Waals surface area contributed by atoms with Crippen molar-refractivity contribution in [1.82, 2.24) is 0 Å². The van der Waals surface area contributed by atoms with Gasteiger partial charge in [-0.05, 0) is 103 Å². The van der Waals surface area contributed by atoms with Gasteiger partial charge in [0.25, 0.3) is 0 Å². The van der Waals surface area contributed by atoms with Gasteiger partial charge in [0.1, 0.15) is 5.78 Å². The lowest BCUT2D eigenvalue weighted by atomic mass is 9.43. The van der Waals surface area contributed by atoms with Gasteiger partial charge in [-0.25, -0.2) is 0 Å². The van der Waals surface area contributed by atoms with Crippen molar-refractivity contribution in [2.75, 3.05) is 0 Å². The van der Waals surface area contributed by atoms with Crippen LogP contribution in [0.5, 0.6) is 0 Å². The molecule has 4 fully saturated rings. The second-order valence-electron chi connectivity index (χ2n) is 11.1. The summed E-state index contributed by atoms with van der Waals surface area (Å²) in [5.74, 6) is 4.41. The van der Waals surface area contributed by atoms with Crippen LogP contribution >= 0.6 is 11.6 Å². The summed E-state index contributed by atoms with van der Waals surface area (Å²) in [5.41, 5.74) is 2.37. The Labute approximate surface area is 175 Å². The fourth-order valence-corrected chi connectivity index (χ4v) is 8.56. The van der Waals surface area contributed by atoms with E-state index < -0.39 is 0 Å². The molecule has 1 nitrogen and oxygen atoms in total. The Morgan fingerprint density at radius 3 is 2.57 bits per heavy atom. The number of hydrogen-bond donors (Lipinski definition) is 0. The van der Waals surface area contributed by atoms with Crippen LogP contribution in [-0.4, -0.2) is 5.78 Å². The largest absolute Gasteiger partial charge is 0.300 e. The number of rotatable bonds is 2. The third kappa shape index (κ3) is 2.99. The number of benzene rings is 1. The average molecular weight is 399 g/mol. The molecule has 7 atom stereocenters. The number of hydrogen-bond acceptors (Lipinski definition) is 1. The molecular formula is C26H35ClO. The molecule has 5 rings (SSSR count). The van der Waals surface area contributed by atoms with Crippen molar-refractivity contribution < 1.29 is 4.79 Å². The van der Waals surface area contributed by atoms with Crippen molar-refractivity contribution >= 4 is 17.4 Å². The highest BCUT2D eigenvalue weighted by Gasteiger charge is 2.60. The summed E-state index contributed by atoms with van der Waals surface area (Å²) in [4.78, 5) is 12.5. The number of carbonyl (C=O) groups excluding carboxylic acids is 1. The van der Waals surface area contributed by atoms with Gasteiger partial charge in [-0.2, -0.15) is 0 Å². The number of Topliss-reactive ketones (excluding diaryl/α,β-unsaturated/α-hetero) is 1. The number of halogens is 1. The molecule has 0 amide bonds. The molecule has 1 aromatic carbocycles. The molecule has 4 aliphatic carbocycles. The Morgan fingerprint density at radius 2 is 1.79 bits per heavy atom. The van der Waals surface area contributed by atoms with E-state index in [2.05, 4.69) is 26.0 Å². The first-order chi connectivity index (χ1) is 13.4. The average Bonchev–Trinajstić information content (AvgIpc) is 3.07. The molecule has 0 saturated heterocycles. The fraction of sp³-hybridized carbons (Fsp3) is 0.731. The fourth-order valence-electron chi connectivity index (χ4n) is 8.43. The lowest BCUT2D eigenvalue weighted by Gasteiger charge is -2.62. The molecule has 2 heteroatoms. The first-order valence-electron chi connectivity index (χ1n) is 11.7. The summed E-state index contributed by atoms with van der Waals surface area (Å²) in [6.07, 6.45) is 12.4. The van der Waals surface area contributed by atoms with E-state index in [-0.39, 0.29) is 0 Å². The van der Waals surface area contributed by atoms with E-state index in [1.165, 1.54) is 44.1 Å². The van der Waals surface area contributed by atoms with Crippen molar-refractivity contribution in [3.05, 3.63) is 34.9 Å². The zero-order valence-electron chi connectivity index (χ0n) is 17.6. The highest BCUT2D eigenvalue weighted by atomic mass is 35.5. The van der Waals surface area contributed by atoms with Gasteiger partial charge in [0, 0.05) is 17.9 Å². The molecule has 0 bridgehead atoms. The highest BCUT2D eigenvalue weighted by molar-refractivity contribution is 6.30. The maximum Gasteiger partial charge on any atom is 0.133 e. The zero-order valence-corrected chi connectivity index (χ0v) is 18.3. The van der Waals surface area contributed by atoms with Crippen molar-refractivity contribution in [2.45, 2.75) is 78.1 Å². The summed E-state index contributed by atoms with van der Waals surface area (Å²) in [6, 6.07) is 8.47. The van der Waals surface area contributed by atoms with Crippen LogP contribution in [0.25, 0.3) is 0 Å². The Balaban J connectivity index is 1.49. The number of fused-ring (bicyclic) bond motifs is 5. The highest BCUT2D eigenvalue weighted by Crippen LogP contribution is 2.67. The molecule has 0 spiro atoms. The Hall–Kier alpha value is -0.820. The van der Waals surface area contributed by atoms with Crippen LogP contribution in [0.3, 0.4) is 0 Å². The first-order valence-corrected chi connectivity index (χ1v) is 12.0. The summed E-state index contributed by atoms with van der Waals surface area (Å²) < 4.78 is 0. The monoisotopic (exact) mass is 398 g/mol. The lowest BCUT2D eigenvalue weighted by Crippen LogP contribution is -2.56. The van der Waals surface area contributed by atoms with E-state index in [4.69, 9.17) is 11.6 Å². The van der Waals surface area contributed by atoms with Gasteiger partial charge in [0.2, 0.25) is 0 Å². The van der Waals surface area contributed by atoms with Crippen LogP contribution in [0.2, 0.25) is 5.02 Å². The minimum absolute atomic E-state index is 0.373. The third-order valence-electron chi connectivity index (χ3n) is 9.86. The van der Waals surface area contributed by atoms with Gasteiger partial charge < -0.3 is 0 Å². The third-order valence-corrected chi connectivity index (χ3v) is 10.1. The van der Waals surface area contributed by atoms with E-state index in [0.717, 1.165) is 48.5 Å². The molecule has 4 aliphatic rings. The summed E-state index contributed by atoms with van der Waals surface area (Å²) in [6.45, 7) is 5.17. The first kappa shape index (κ1) is 19.2. The molecule has 2 unspecified atom stereocenters. The van der Waals surface area contributed by atoms with Crippen molar-refractivity contribution in [1.29, 1.82) is 0 Å². The van der Waals surface area contributed by atoms with E-state index in [0.29, 0.717) is 28.4 Å². The van der Waals surface area contributed by atoms with Gasteiger partial charge in [0.15, 0.2) is 0 Å². The van der Waals surface area contributed by atoms with Crippen LogP contribution in [-0.2, 0) is 11.2 Å². The van der Waals surface area contributed by atoms with Gasteiger partial charge in [-0.3, -0.25) is 4.79 Å². The molecule has 152 valence electrons. The maximum atomic E-state index is 12.5. The van der Waals surface area contributed by atoms with Crippen LogP contribution in [0.1, 0.15) is 77.2 Å². The predicted octanol–water partition coefficient (Wildman–Crippen LogP) is 7.11. The van der Waals surface area contributed by atoms with Gasteiger partial charge >= 0.3 is 0 Å². The molecule has 0 N–H and O–H groups in total. The second kappa shape index (κ2) is 6.86. The Bertz CT molecular complexity index is 754. The van der Waals surface area contributed by atoms with Gasteiger partial charge in [-0.15, -0.1) is 0 Å². The maximum absolute atomic E-state index is 12.5.